The van der Waals surface area contributed by atoms with Crippen LogP contribution in [0.25, 0.3) is 0 Å². The van der Waals surface area contributed by atoms with E-state index in [0.29, 0.717) is 0 Å². The summed E-state index contributed by atoms with van der Waals surface area (Å²) >= 11 is 0. The van der Waals surface area contributed by atoms with Crippen molar-refractivity contribution in [2.24, 2.45) is 0 Å². The van der Waals surface area contributed by atoms with Crippen LogP contribution in [0.1, 0.15) is 24.2 Å². The molecule has 1 unspecified atom stereocenters. The Morgan fingerprint density at radius 1 is 1.10 bits per heavy atom. The minimum absolute atomic E-state index is 0.427. The first-order valence-electron chi connectivity index (χ1n) is 6.73. The molecule has 2 aromatic rings. The lowest BCUT2D eigenvalue weighted by atomic mass is 10.1. The number of para-hydroxylation sites is 1. The molecule has 0 radical (unpaired) electrons. The van der Waals surface area contributed by atoms with Gasteiger partial charge in [-0.2, -0.15) is 0 Å². The highest BCUT2D eigenvalue weighted by atomic mass is 16.5. The Morgan fingerprint density at radius 3 is 2.35 bits per heavy atom. The molecule has 0 aliphatic heterocycles. The molecule has 0 aromatic heterocycles. The Morgan fingerprint density at radius 2 is 1.75 bits per heavy atom. The lowest BCUT2D eigenvalue weighted by molar-refractivity contribution is 0.199. The maximum atomic E-state index is 9.53. The summed E-state index contributed by atoms with van der Waals surface area (Å²) in [5.41, 5.74) is 3.19. The van der Waals surface area contributed by atoms with Crippen LogP contribution in [0.2, 0.25) is 0 Å². The van der Waals surface area contributed by atoms with Crippen LogP contribution in [-0.2, 0) is 6.54 Å². The molecule has 0 amide bonds. The van der Waals surface area contributed by atoms with E-state index in [1.807, 2.05) is 49.5 Å². The van der Waals surface area contributed by atoms with Crippen molar-refractivity contribution in [3.63, 3.8) is 0 Å². The largest absolute Gasteiger partial charge is 0.496 e. The molecular formula is C17H21NO2. The van der Waals surface area contributed by atoms with Crippen molar-refractivity contribution < 1.29 is 9.84 Å². The van der Waals surface area contributed by atoms with Crippen LogP contribution < -0.4 is 9.64 Å². The van der Waals surface area contributed by atoms with Crippen LogP contribution in [0.5, 0.6) is 5.75 Å². The molecule has 0 spiro atoms. The highest BCUT2D eigenvalue weighted by Crippen LogP contribution is 2.23. The molecule has 3 nitrogen and oxygen atoms in total. The van der Waals surface area contributed by atoms with Gasteiger partial charge in [-0.1, -0.05) is 30.3 Å². The van der Waals surface area contributed by atoms with Crippen molar-refractivity contribution in [3.8, 4) is 5.75 Å². The fourth-order valence-electron chi connectivity index (χ4n) is 2.19. The van der Waals surface area contributed by atoms with Crippen molar-refractivity contribution >= 4 is 5.69 Å². The maximum absolute atomic E-state index is 9.53. The zero-order valence-electron chi connectivity index (χ0n) is 12.2. The SMILES string of the molecule is COc1ccccc1CN(C)c1ccc(C(C)O)cc1. The van der Waals surface area contributed by atoms with Crippen LogP contribution in [0.15, 0.2) is 48.5 Å². The summed E-state index contributed by atoms with van der Waals surface area (Å²) in [6.07, 6.45) is -0.427. The second kappa shape index (κ2) is 6.44. The molecule has 0 aliphatic carbocycles. The first kappa shape index (κ1) is 14.4. The monoisotopic (exact) mass is 271 g/mol. The van der Waals surface area contributed by atoms with Crippen molar-refractivity contribution in [2.75, 3.05) is 19.1 Å². The number of ether oxygens (including phenoxy) is 1. The van der Waals surface area contributed by atoms with Gasteiger partial charge in [0, 0.05) is 24.8 Å². The maximum Gasteiger partial charge on any atom is 0.123 e. The third-order valence-corrected chi connectivity index (χ3v) is 3.42. The van der Waals surface area contributed by atoms with Crippen LogP contribution in [0.4, 0.5) is 5.69 Å². The highest BCUT2D eigenvalue weighted by Gasteiger charge is 2.07. The summed E-state index contributed by atoms with van der Waals surface area (Å²) in [4.78, 5) is 2.16. The van der Waals surface area contributed by atoms with Gasteiger partial charge < -0.3 is 14.7 Å². The number of aliphatic hydroxyl groups excluding tert-OH is 1. The van der Waals surface area contributed by atoms with Crippen molar-refractivity contribution in [3.05, 3.63) is 59.7 Å². The molecule has 2 rings (SSSR count). The molecular weight excluding hydrogens is 250 g/mol. The minimum Gasteiger partial charge on any atom is -0.496 e. The molecule has 1 N–H and O–H groups in total. The topological polar surface area (TPSA) is 32.7 Å². The lowest BCUT2D eigenvalue weighted by Crippen LogP contribution is -2.16. The van der Waals surface area contributed by atoms with Crippen LogP contribution in [0, 0.1) is 0 Å². The number of nitrogens with zero attached hydrogens (tertiary/aromatic N) is 1. The van der Waals surface area contributed by atoms with Crippen molar-refractivity contribution in [1.29, 1.82) is 0 Å². The summed E-state index contributed by atoms with van der Waals surface area (Å²) in [7, 11) is 3.74. The Kier molecular flexibility index (Phi) is 4.64. The van der Waals surface area contributed by atoms with Crippen molar-refractivity contribution in [2.45, 2.75) is 19.6 Å². The Labute approximate surface area is 120 Å². The van der Waals surface area contributed by atoms with Crippen LogP contribution >= 0.6 is 0 Å². The Balaban J connectivity index is 2.13. The average molecular weight is 271 g/mol. The average Bonchev–Trinajstić information content (AvgIpc) is 2.48. The van der Waals surface area contributed by atoms with Gasteiger partial charge in [-0.05, 0) is 30.7 Å². The zero-order valence-corrected chi connectivity index (χ0v) is 12.2. The highest BCUT2D eigenvalue weighted by molar-refractivity contribution is 5.49. The van der Waals surface area contributed by atoms with Gasteiger partial charge in [-0.25, -0.2) is 0 Å². The molecule has 0 saturated carbocycles. The molecule has 0 aliphatic rings. The van der Waals surface area contributed by atoms with E-state index in [9.17, 15) is 5.11 Å². The van der Waals surface area contributed by atoms with Gasteiger partial charge in [-0.15, -0.1) is 0 Å². The van der Waals surface area contributed by atoms with E-state index < -0.39 is 6.10 Å². The normalized spacial score (nSPS) is 12.0. The number of methoxy groups -OCH3 is 1. The van der Waals surface area contributed by atoms with Gasteiger partial charge in [0.05, 0.1) is 13.2 Å². The Hall–Kier alpha value is -2.00. The second-order valence-corrected chi connectivity index (χ2v) is 4.94. The van der Waals surface area contributed by atoms with E-state index in [4.69, 9.17) is 4.74 Å². The summed E-state index contributed by atoms with van der Waals surface area (Å²) in [5, 5.41) is 9.53. The molecule has 0 fully saturated rings. The quantitative estimate of drug-likeness (QED) is 0.905. The van der Waals surface area contributed by atoms with E-state index >= 15 is 0 Å². The number of hydrogen-bond donors (Lipinski definition) is 1. The van der Waals surface area contributed by atoms with Crippen LogP contribution in [-0.4, -0.2) is 19.3 Å². The summed E-state index contributed by atoms with van der Waals surface area (Å²) < 4.78 is 5.37. The molecule has 0 saturated heterocycles. The van der Waals surface area contributed by atoms with Gasteiger partial charge >= 0.3 is 0 Å². The predicted molar refractivity (Wildman–Crippen MR) is 82.2 cm³/mol. The predicted octanol–water partition coefficient (Wildman–Crippen LogP) is 3.38. The van der Waals surface area contributed by atoms with E-state index in [1.54, 1.807) is 14.0 Å². The summed E-state index contributed by atoms with van der Waals surface area (Å²) in [5.74, 6) is 0.903. The zero-order chi connectivity index (χ0) is 14.5. The number of rotatable bonds is 5. The third-order valence-electron chi connectivity index (χ3n) is 3.42. The molecule has 2 aromatic carbocycles. The number of anilines is 1. The van der Waals surface area contributed by atoms with E-state index in [2.05, 4.69) is 11.0 Å². The minimum atomic E-state index is -0.427. The number of hydrogen-bond acceptors (Lipinski definition) is 3. The summed E-state index contributed by atoms with van der Waals surface area (Å²) in [6.45, 7) is 2.55. The Bertz CT molecular complexity index is 549. The number of aliphatic hydroxyl groups is 1. The van der Waals surface area contributed by atoms with Gasteiger partial charge in [0.25, 0.3) is 0 Å². The van der Waals surface area contributed by atoms with Crippen molar-refractivity contribution in [1.82, 2.24) is 0 Å². The van der Waals surface area contributed by atoms with Gasteiger partial charge in [-0.3, -0.25) is 0 Å². The van der Waals surface area contributed by atoms with E-state index in [-0.39, 0.29) is 0 Å². The van der Waals surface area contributed by atoms with E-state index in [1.165, 1.54) is 0 Å². The molecule has 0 heterocycles. The molecule has 106 valence electrons. The van der Waals surface area contributed by atoms with E-state index in [0.717, 1.165) is 29.1 Å². The molecule has 0 bridgehead atoms. The molecule has 3 heteroatoms. The molecule has 20 heavy (non-hydrogen) atoms. The standard InChI is InChI=1S/C17H21NO2/c1-13(19)14-8-10-16(11-9-14)18(2)12-15-6-4-5-7-17(15)20-3/h4-11,13,19H,12H2,1-3H3. The fourth-order valence-corrected chi connectivity index (χ4v) is 2.19. The first-order valence-corrected chi connectivity index (χ1v) is 6.73. The van der Waals surface area contributed by atoms with Gasteiger partial charge in [0.15, 0.2) is 0 Å². The van der Waals surface area contributed by atoms with Gasteiger partial charge in [0.1, 0.15) is 5.75 Å². The third kappa shape index (κ3) is 3.31. The first-order chi connectivity index (χ1) is 9.61. The molecule has 1 atom stereocenters. The second-order valence-electron chi connectivity index (χ2n) is 4.94. The lowest BCUT2D eigenvalue weighted by Gasteiger charge is -2.21. The number of benzene rings is 2. The fraction of sp³-hybridized carbons (Fsp3) is 0.294. The summed E-state index contributed by atoms with van der Waals surface area (Å²) in [6, 6.07) is 16.0. The van der Waals surface area contributed by atoms with Gasteiger partial charge in [0.2, 0.25) is 0 Å². The van der Waals surface area contributed by atoms with Crippen LogP contribution in [0.3, 0.4) is 0 Å². The smallest absolute Gasteiger partial charge is 0.123 e.